The van der Waals surface area contributed by atoms with E-state index in [2.05, 4.69) is 48.6 Å². The maximum absolute atomic E-state index is 9.59. The van der Waals surface area contributed by atoms with E-state index in [4.69, 9.17) is 0 Å². The van der Waals surface area contributed by atoms with Crippen LogP contribution in [0, 0.1) is 13.8 Å². The van der Waals surface area contributed by atoms with E-state index in [1.165, 1.54) is 64.1 Å². The van der Waals surface area contributed by atoms with E-state index in [0.29, 0.717) is 0 Å². The van der Waals surface area contributed by atoms with Gasteiger partial charge in [0.15, 0.2) is 0 Å². The second-order valence-corrected chi connectivity index (χ2v) is 6.10. The Bertz CT molecular complexity index is 463. The molecule has 0 aliphatic carbocycles. The number of carbonyl (C=O) groups excluding carboxylic acids is 1. The number of nitrogens with zero attached hydrogens (tertiary/aromatic N) is 1. The third kappa shape index (κ3) is 5.80. The Morgan fingerprint density at radius 1 is 1.27 bits per heavy atom. The SMILES string of the molecule is CCCN1CCC(c2cccc(C)c2C)CC1.COC(C)=O. The van der Waals surface area contributed by atoms with Crippen molar-refractivity contribution < 1.29 is 9.53 Å². The van der Waals surface area contributed by atoms with Gasteiger partial charge in [0.1, 0.15) is 0 Å². The van der Waals surface area contributed by atoms with E-state index in [1.54, 1.807) is 5.56 Å². The number of aryl methyl sites for hydroxylation is 1. The van der Waals surface area contributed by atoms with E-state index < -0.39 is 0 Å². The van der Waals surface area contributed by atoms with Gasteiger partial charge >= 0.3 is 5.97 Å². The molecule has 2 rings (SSSR count). The van der Waals surface area contributed by atoms with Crippen LogP contribution in [0.1, 0.15) is 55.7 Å². The van der Waals surface area contributed by atoms with Gasteiger partial charge in [0, 0.05) is 6.92 Å². The summed E-state index contributed by atoms with van der Waals surface area (Å²) in [7, 11) is 1.35. The van der Waals surface area contributed by atoms with Gasteiger partial charge in [0.2, 0.25) is 0 Å². The molecular formula is C19H31NO2. The highest BCUT2D eigenvalue weighted by Gasteiger charge is 2.21. The van der Waals surface area contributed by atoms with Crippen LogP contribution in [0.5, 0.6) is 0 Å². The van der Waals surface area contributed by atoms with Gasteiger partial charge in [-0.25, -0.2) is 0 Å². The molecule has 0 bridgehead atoms. The lowest BCUT2D eigenvalue weighted by molar-refractivity contribution is -0.137. The third-order valence-electron chi connectivity index (χ3n) is 4.50. The summed E-state index contributed by atoms with van der Waals surface area (Å²) in [5.41, 5.74) is 4.56. The van der Waals surface area contributed by atoms with Crippen LogP contribution in [0.4, 0.5) is 0 Å². The lowest BCUT2D eigenvalue weighted by Gasteiger charge is -2.32. The highest BCUT2D eigenvalue weighted by Crippen LogP contribution is 2.31. The van der Waals surface area contributed by atoms with Gasteiger partial charge in [0.05, 0.1) is 7.11 Å². The van der Waals surface area contributed by atoms with Crippen LogP contribution in [-0.4, -0.2) is 37.6 Å². The predicted octanol–water partition coefficient (Wildman–Crippen LogP) is 4.07. The number of hydrogen-bond acceptors (Lipinski definition) is 3. The van der Waals surface area contributed by atoms with Gasteiger partial charge in [-0.15, -0.1) is 0 Å². The third-order valence-corrected chi connectivity index (χ3v) is 4.50. The first-order valence-corrected chi connectivity index (χ1v) is 8.32. The Labute approximate surface area is 135 Å². The van der Waals surface area contributed by atoms with Gasteiger partial charge in [-0.05, 0) is 75.4 Å². The predicted molar refractivity (Wildman–Crippen MR) is 92.3 cm³/mol. The molecule has 1 aliphatic heterocycles. The van der Waals surface area contributed by atoms with Crippen molar-refractivity contribution in [1.82, 2.24) is 4.90 Å². The minimum absolute atomic E-state index is 0.245. The van der Waals surface area contributed by atoms with E-state index in [1.807, 2.05) is 0 Å². The molecule has 1 fully saturated rings. The molecule has 1 aromatic carbocycles. The number of carbonyl (C=O) groups is 1. The normalized spacial score (nSPS) is 15.9. The number of hydrogen-bond donors (Lipinski definition) is 0. The summed E-state index contributed by atoms with van der Waals surface area (Å²) < 4.78 is 4.11. The summed E-state index contributed by atoms with van der Waals surface area (Å²) >= 11 is 0. The first kappa shape index (κ1) is 18.7. The first-order chi connectivity index (χ1) is 10.5. The summed E-state index contributed by atoms with van der Waals surface area (Å²) in [5.74, 6) is 0.549. The zero-order chi connectivity index (χ0) is 16.5. The first-order valence-electron chi connectivity index (χ1n) is 8.32. The summed E-state index contributed by atoms with van der Waals surface area (Å²) in [4.78, 5) is 12.2. The number of piperidine rings is 1. The Morgan fingerprint density at radius 3 is 2.36 bits per heavy atom. The fraction of sp³-hybridized carbons (Fsp3) is 0.632. The molecule has 0 spiro atoms. The van der Waals surface area contributed by atoms with Crippen LogP contribution in [0.25, 0.3) is 0 Å². The number of likely N-dealkylation sites (tertiary alicyclic amines) is 1. The highest BCUT2D eigenvalue weighted by molar-refractivity contribution is 5.65. The van der Waals surface area contributed by atoms with Gasteiger partial charge in [-0.3, -0.25) is 4.79 Å². The molecule has 0 radical (unpaired) electrons. The molecule has 1 saturated heterocycles. The summed E-state index contributed by atoms with van der Waals surface area (Å²) in [6.07, 6.45) is 3.96. The standard InChI is InChI=1S/C16H25N.C3H6O2/c1-4-10-17-11-8-15(9-12-17)16-7-5-6-13(2)14(16)3;1-3(4)5-2/h5-7,15H,4,8-12H2,1-3H3;1-2H3. The molecule has 1 aromatic rings. The molecule has 3 nitrogen and oxygen atoms in total. The van der Waals surface area contributed by atoms with Crippen molar-refractivity contribution in [3.63, 3.8) is 0 Å². The minimum atomic E-state index is -0.245. The maximum atomic E-state index is 9.59. The minimum Gasteiger partial charge on any atom is -0.469 e. The molecule has 0 amide bonds. The summed E-state index contributed by atoms with van der Waals surface area (Å²) in [5, 5.41) is 0. The molecule has 0 aromatic heterocycles. The maximum Gasteiger partial charge on any atom is 0.302 e. The number of methoxy groups -OCH3 is 1. The molecule has 1 aliphatic rings. The Balaban J connectivity index is 0.000000422. The smallest absolute Gasteiger partial charge is 0.302 e. The zero-order valence-corrected chi connectivity index (χ0v) is 14.8. The van der Waals surface area contributed by atoms with Crippen molar-refractivity contribution in [3.8, 4) is 0 Å². The van der Waals surface area contributed by atoms with E-state index in [0.717, 1.165) is 5.92 Å². The van der Waals surface area contributed by atoms with Gasteiger partial charge < -0.3 is 9.64 Å². The molecule has 0 N–H and O–H groups in total. The van der Waals surface area contributed by atoms with Crippen LogP contribution >= 0.6 is 0 Å². The quantitative estimate of drug-likeness (QED) is 0.788. The van der Waals surface area contributed by atoms with Crippen LogP contribution in [0.3, 0.4) is 0 Å². The van der Waals surface area contributed by atoms with Crippen LogP contribution in [-0.2, 0) is 9.53 Å². The fourth-order valence-corrected chi connectivity index (χ4v) is 3.00. The topological polar surface area (TPSA) is 29.5 Å². The van der Waals surface area contributed by atoms with Crippen LogP contribution in [0.2, 0.25) is 0 Å². The van der Waals surface area contributed by atoms with E-state index in [-0.39, 0.29) is 5.97 Å². The number of rotatable bonds is 3. The summed E-state index contributed by atoms with van der Waals surface area (Å²) in [6, 6.07) is 6.78. The zero-order valence-electron chi connectivity index (χ0n) is 14.8. The Kier molecular flexibility index (Phi) is 8.18. The molecule has 0 atom stereocenters. The van der Waals surface area contributed by atoms with Gasteiger partial charge in [0.25, 0.3) is 0 Å². The highest BCUT2D eigenvalue weighted by atomic mass is 16.5. The Hall–Kier alpha value is -1.35. The lowest BCUT2D eigenvalue weighted by atomic mass is 9.85. The molecule has 22 heavy (non-hydrogen) atoms. The molecule has 1 heterocycles. The Morgan fingerprint density at radius 2 is 1.86 bits per heavy atom. The number of esters is 1. The monoisotopic (exact) mass is 305 g/mol. The van der Waals surface area contributed by atoms with Crippen molar-refractivity contribution in [2.45, 2.75) is 52.9 Å². The van der Waals surface area contributed by atoms with Crippen molar-refractivity contribution in [3.05, 3.63) is 34.9 Å². The molecule has 3 heteroatoms. The van der Waals surface area contributed by atoms with Gasteiger partial charge in [-0.2, -0.15) is 0 Å². The van der Waals surface area contributed by atoms with Crippen molar-refractivity contribution >= 4 is 5.97 Å². The van der Waals surface area contributed by atoms with Crippen LogP contribution < -0.4 is 0 Å². The summed E-state index contributed by atoms with van der Waals surface area (Å²) in [6.45, 7) is 12.0. The average molecular weight is 305 g/mol. The van der Waals surface area contributed by atoms with Crippen LogP contribution in [0.15, 0.2) is 18.2 Å². The average Bonchev–Trinajstić information content (AvgIpc) is 2.52. The fourth-order valence-electron chi connectivity index (χ4n) is 3.00. The largest absolute Gasteiger partial charge is 0.469 e. The van der Waals surface area contributed by atoms with Crippen molar-refractivity contribution in [1.29, 1.82) is 0 Å². The molecular weight excluding hydrogens is 274 g/mol. The number of benzene rings is 1. The van der Waals surface area contributed by atoms with Gasteiger partial charge in [-0.1, -0.05) is 25.1 Å². The van der Waals surface area contributed by atoms with E-state index in [9.17, 15) is 4.79 Å². The second-order valence-electron chi connectivity index (χ2n) is 6.10. The number of ether oxygens (including phenoxy) is 1. The lowest BCUT2D eigenvalue weighted by Crippen LogP contribution is -2.33. The molecule has 124 valence electrons. The van der Waals surface area contributed by atoms with Crippen molar-refractivity contribution in [2.24, 2.45) is 0 Å². The molecule has 0 unspecified atom stereocenters. The van der Waals surface area contributed by atoms with Crippen molar-refractivity contribution in [2.75, 3.05) is 26.7 Å². The molecule has 0 saturated carbocycles. The van der Waals surface area contributed by atoms with E-state index >= 15 is 0 Å². The second kappa shape index (κ2) is 9.62.